The van der Waals surface area contributed by atoms with Crippen molar-refractivity contribution in [3.63, 3.8) is 0 Å². The number of hydrogen-bond acceptors (Lipinski definition) is 6. The van der Waals surface area contributed by atoms with Crippen LogP contribution in [-0.4, -0.2) is 53.7 Å². The monoisotopic (exact) mass is 407 g/mol. The molecule has 154 valence electrons. The second-order valence-corrected chi connectivity index (χ2v) is 8.61. The Balaban J connectivity index is 1.60. The van der Waals surface area contributed by atoms with E-state index in [-0.39, 0.29) is 36.5 Å². The van der Waals surface area contributed by atoms with E-state index in [0.29, 0.717) is 29.9 Å². The largest absolute Gasteiger partial charge is 0.486 e. The Morgan fingerprint density at radius 1 is 1.36 bits per heavy atom. The topological polar surface area (TPSA) is 84.9 Å². The van der Waals surface area contributed by atoms with Crippen LogP contribution < -0.4 is 14.8 Å². The minimum Gasteiger partial charge on any atom is -0.486 e. The normalized spacial score (nSPS) is 18.9. The third-order valence-electron chi connectivity index (χ3n) is 5.45. The molecule has 3 rings (SSSR count). The molecule has 1 aliphatic carbocycles. The number of carbonyl (C=O) groups is 2. The molecule has 6 nitrogen and oxygen atoms in total. The first kappa shape index (κ1) is 21.0. The van der Waals surface area contributed by atoms with E-state index >= 15 is 0 Å². The van der Waals surface area contributed by atoms with Crippen molar-refractivity contribution in [2.75, 3.05) is 25.2 Å². The highest BCUT2D eigenvalue weighted by Crippen LogP contribution is 2.42. The number of benzene rings is 1. The Hall–Kier alpha value is -1.73. The smallest absolute Gasteiger partial charge is 0.258 e. The van der Waals surface area contributed by atoms with Gasteiger partial charge in [-0.1, -0.05) is 6.42 Å². The van der Waals surface area contributed by atoms with Crippen molar-refractivity contribution >= 4 is 23.5 Å². The molecule has 1 spiro atoms. The third kappa shape index (κ3) is 5.20. The zero-order chi connectivity index (χ0) is 20.0. The van der Waals surface area contributed by atoms with Gasteiger partial charge in [0.25, 0.3) is 5.91 Å². The van der Waals surface area contributed by atoms with E-state index in [1.54, 1.807) is 30.0 Å². The van der Waals surface area contributed by atoms with E-state index in [9.17, 15) is 14.7 Å². The van der Waals surface area contributed by atoms with Gasteiger partial charge >= 0.3 is 0 Å². The van der Waals surface area contributed by atoms with Crippen molar-refractivity contribution < 1.29 is 24.2 Å². The second-order valence-electron chi connectivity index (χ2n) is 7.62. The van der Waals surface area contributed by atoms with Crippen molar-refractivity contribution in [1.82, 2.24) is 5.32 Å². The summed E-state index contributed by atoms with van der Waals surface area (Å²) in [7, 11) is 0. The predicted molar refractivity (Wildman–Crippen MR) is 109 cm³/mol. The summed E-state index contributed by atoms with van der Waals surface area (Å²) in [6.45, 7) is -0.239. The minimum absolute atomic E-state index is 0.0941. The molecule has 1 fully saturated rings. The second kappa shape index (κ2) is 9.65. The highest BCUT2D eigenvalue weighted by molar-refractivity contribution is 7.98. The standard InChI is InChI=1S/C21H29NO5S/c1-28-10-7-15(13-23)22-20(25)14-26-16-5-6-17-18(24)12-21(27-19(17)11-16)8-3-2-4-9-21/h5-6,11,15,23H,2-4,7-10,12-14H2,1H3,(H,22,25)/t15-/m1/s1. The number of rotatable bonds is 8. The number of thioether (sulfide) groups is 1. The summed E-state index contributed by atoms with van der Waals surface area (Å²) in [5.41, 5.74) is 0.217. The number of amides is 1. The van der Waals surface area contributed by atoms with E-state index in [1.165, 1.54) is 6.42 Å². The molecule has 1 aromatic carbocycles. The number of hydrogen-bond donors (Lipinski definition) is 2. The van der Waals surface area contributed by atoms with Crippen LogP contribution in [0.2, 0.25) is 0 Å². The van der Waals surface area contributed by atoms with Crippen LogP contribution in [-0.2, 0) is 4.79 Å². The fourth-order valence-electron chi connectivity index (χ4n) is 3.93. The molecule has 28 heavy (non-hydrogen) atoms. The average Bonchev–Trinajstić information content (AvgIpc) is 2.69. The molecular weight excluding hydrogens is 378 g/mol. The number of carbonyl (C=O) groups excluding carboxylic acids is 2. The van der Waals surface area contributed by atoms with Gasteiger partial charge in [0.2, 0.25) is 0 Å². The van der Waals surface area contributed by atoms with Gasteiger partial charge in [-0.15, -0.1) is 0 Å². The van der Waals surface area contributed by atoms with Crippen LogP contribution in [0.15, 0.2) is 18.2 Å². The average molecular weight is 408 g/mol. The Bertz CT molecular complexity index is 702. The van der Waals surface area contributed by atoms with Crippen molar-refractivity contribution in [2.45, 2.75) is 56.6 Å². The lowest BCUT2D eigenvalue weighted by atomic mass is 9.78. The Labute approximate surface area is 170 Å². The predicted octanol–water partition coefficient (Wildman–Crippen LogP) is 2.96. The van der Waals surface area contributed by atoms with Crippen molar-refractivity contribution in [1.29, 1.82) is 0 Å². The van der Waals surface area contributed by atoms with Crippen LogP contribution in [0.25, 0.3) is 0 Å². The summed E-state index contributed by atoms with van der Waals surface area (Å²) in [5.74, 6) is 1.76. The number of ether oxygens (including phenoxy) is 2. The number of nitrogens with one attached hydrogen (secondary N) is 1. The Morgan fingerprint density at radius 3 is 2.86 bits per heavy atom. The highest BCUT2D eigenvalue weighted by atomic mass is 32.2. The zero-order valence-corrected chi connectivity index (χ0v) is 17.2. The number of aliphatic hydroxyl groups excluding tert-OH is 1. The SMILES string of the molecule is CSCC[C@H](CO)NC(=O)COc1ccc2c(c1)OC1(CCCCC1)CC2=O. The molecule has 2 aliphatic rings. The molecule has 2 N–H and O–H groups in total. The number of fused-ring (bicyclic) bond motifs is 1. The van der Waals surface area contributed by atoms with Crippen molar-refractivity contribution in [2.24, 2.45) is 0 Å². The molecule has 1 aromatic rings. The van der Waals surface area contributed by atoms with Gasteiger partial charge in [-0.2, -0.15) is 11.8 Å². The molecule has 1 heterocycles. The van der Waals surface area contributed by atoms with Gasteiger partial charge in [-0.25, -0.2) is 0 Å². The van der Waals surface area contributed by atoms with Gasteiger partial charge in [0.05, 0.1) is 24.6 Å². The van der Waals surface area contributed by atoms with Crippen LogP contribution in [0.1, 0.15) is 55.3 Å². The summed E-state index contributed by atoms with van der Waals surface area (Å²) < 4.78 is 11.9. The molecule has 1 aliphatic heterocycles. The highest BCUT2D eigenvalue weighted by Gasteiger charge is 2.41. The van der Waals surface area contributed by atoms with Crippen molar-refractivity contribution in [3.05, 3.63) is 23.8 Å². The molecule has 0 saturated heterocycles. The number of Topliss-reactive ketones (excluding diaryl/α,β-unsaturated/α-hetero) is 1. The quantitative estimate of drug-likeness (QED) is 0.689. The molecule has 1 amide bonds. The maximum atomic E-state index is 12.6. The Morgan fingerprint density at radius 2 is 2.14 bits per heavy atom. The van der Waals surface area contributed by atoms with Gasteiger partial charge in [0, 0.05) is 6.07 Å². The molecule has 1 saturated carbocycles. The fourth-order valence-corrected chi connectivity index (χ4v) is 4.45. The molecule has 0 unspecified atom stereocenters. The first-order valence-electron chi connectivity index (χ1n) is 9.93. The lowest BCUT2D eigenvalue weighted by Gasteiger charge is -2.40. The van der Waals surface area contributed by atoms with Gasteiger partial charge in [0.15, 0.2) is 12.4 Å². The number of ketones is 1. The molecule has 7 heteroatoms. The summed E-state index contributed by atoms with van der Waals surface area (Å²) >= 11 is 1.67. The van der Waals surface area contributed by atoms with Gasteiger partial charge in [-0.3, -0.25) is 9.59 Å². The lowest BCUT2D eigenvalue weighted by Crippen LogP contribution is -2.43. The molecule has 0 radical (unpaired) electrons. The van der Waals surface area contributed by atoms with Crippen LogP contribution in [0.5, 0.6) is 11.5 Å². The summed E-state index contributed by atoms with van der Waals surface area (Å²) in [6.07, 6.45) is 8.31. The summed E-state index contributed by atoms with van der Waals surface area (Å²) in [4.78, 5) is 24.7. The van der Waals surface area contributed by atoms with Gasteiger partial charge < -0.3 is 19.9 Å². The van der Waals surface area contributed by atoms with E-state index in [2.05, 4.69) is 5.32 Å². The summed E-state index contributed by atoms with van der Waals surface area (Å²) in [5, 5.41) is 12.1. The van der Waals surface area contributed by atoms with Crippen LogP contribution in [0.4, 0.5) is 0 Å². The molecule has 1 atom stereocenters. The first-order chi connectivity index (χ1) is 13.5. The zero-order valence-electron chi connectivity index (χ0n) is 16.4. The van der Waals surface area contributed by atoms with E-state index in [1.807, 2.05) is 6.26 Å². The van der Waals surface area contributed by atoms with Gasteiger partial charge in [-0.05, 0) is 56.2 Å². The Kier molecular flexibility index (Phi) is 7.24. The third-order valence-corrected chi connectivity index (χ3v) is 6.10. The molecule has 0 bridgehead atoms. The maximum absolute atomic E-state index is 12.6. The number of aliphatic hydroxyl groups is 1. The van der Waals surface area contributed by atoms with Crippen molar-refractivity contribution in [3.8, 4) is 11.5 Å². The van der Waals surface area contributed by atoms with Gasteiger partial charge in [0.1, 0.15) is 17.1 Å². The minimum atomic E-state index is -0.371. The van der Waals surface area contributed by atoms with Crippen LogP contribution in [0.3, 0.4) is 0 Å². The van der Waals surface area contributed by atoms with E-state index < -0.39 is 0 Å². The van der Waals surface area contributed by atoms with Crippen LogP contribution in [0, 0.1) is 0 Å². The molecule has 0 aromatic heterocycles. The molecular formula is C21H29NO5S. The summed E-state index contributed by atoms with van der Waals surface area (Å²) in [6, 6.07) is 4.87. The van der Waals surface area contributed by atoms with E-state index in [4.69, 9.17) is 9.47 Å². The lowest BCUT2D eigenvalue weighted by molar-refractivity contribution is -0.124. The maximum Gasteiger partial charge on any atom is 0.258 e. The fraction of sp³-hybridized carbons (Fsp3) is 0.619. The van der Waals surface area contributed by atoms with E-state index in [0.717, 1.165) is 31.4 Å². The first-order valence-corrected chi connectivity index (χ1v) is 11.3. The van der Waals surface area contributed by atoms with Crippen LogP contribution >= 0.6 is 11.8 Å².